The van der Waals surface area contributed by atoms with Crippen LogP contribution in [0.4, 0.5) is 10.3 Å². The molecule has 1 spiro atoms. The van der Waals surface area contributed by atoms with Crippen LogP contribution in [0.15, 0.2) is 42.7 Å². The highest BCUT2D eigenvalue weighted by Crippen LogP contribution is 2.47. The van der Waals surface area contributed by atoms with Crippen molar-refractivity contribution in [3.63, 3.8) is 0 Å². The number of piperidine rings is 2. The third kappa shape index (κ3) is 3.83. The van der Waals surface area contributed by atoms with Crippen molar-refractivity contribution in [3.05, 3.63) is 54.1 Å². The Morgan fingerprint density at radius 1 is 1.09 bits per heavy atom. The first-order valence-electron chi connectivity index (χ1n) is 12.2. The predicted molar refractivity (Wildman–Crippen MR) is 127 cm³/mol. The van der Waals surface area contributed by atoms with Gasteiger partial charge in [0.25, 0.3) is 0 Å². The monoisotopic (exact) mass is 465 g/mol. The molecule has 5 rings (SSSR count). The number of likely N-dealkylation sites (N-methyl/N-ethyl adjacent to an activating group) is 1. The van der Waals surface area contributed by atoms with Gasteiger partial charge in [0.05, 0.1) is 5.54 Å². The summed E-state index contributed by atoms with van der Waals surface area (Å²) < 4.78 is 13.7. The third-order valence-electron chi connectivity index (χ3n) is 8.34. The number of rotatable bonds is 3. The summed E-state index contributed by atoms with van der Waals surface area (Å²) >= 11 is 0. The first-order valence-corrected chi connectivity index (χ1v) is 12.2. The van der Waals surface area contributed by atoms with Crippen LogP contribution in [0.3, 0.4) is 0 Å². The zero-order valence-electron chi connectivity index (χ0n) is 19.9. The number of benzene rings is 1. The standard InChI is InChI=1S/C26H32FN5O2/c1-25(11-15-31(16-12-25)24-28-13-4-14-29-24)23(34)32-17-21(19-6-8-20(27)9-7-19)26(18-32)10-3-5-22(33)30(26)2/h4,6-9,13-14,21H,3,5,10-12,15-18H2,1-2H3/t21-,26+/m0/s1. The van der Waals surface area contributed by atoms with E-state index in [1.807, 2.05) is 29.0 Å². The van der Waals surface area contributed by atoms with Crippen molar-refractivity contribution in [1.29, 1.82) is 0 Å². The van der Waals surface area contributed by atoms with Gasteiger partial charge in [-0.3, -0.25) is 9.59 Å². The number of halogens is 1. The van der Waals surface area contributed by atoms with E-state index in [0.29, 0.717) is 25.5 Å². The van der Waals surface area contributed by atoms with Crippen LogP contribution in [-0.4, -0.2) is 70.3 Å². The number of anilines is 1. The molecule has 0 unspecified atom stereocenters. The fraction of sp³-hybridized carbons (Fsp3) is 0.538. The largest absolute Gasteiger partial charge is 0.341 e. The number of carbonyl (C=O) groups excluding carboxylic acids is 2. The molecule has 180 valence electrons. The molecule has 7 nitrogen and oxygen atoms in total. The van der Waals surface area contributed by atoms with Gasteiger partial charge in [-0.05, 0) is 49.4 Å². The Morgan fingerprint density at radius 3 is 2.44 bits per heavy atom. The van der Waals surface area contributed by atoms with Crippen molar-refractivity contribution in [3.8, 4) is 0 Å². The van der Waals surface area contributed by atoms with Crippen molar-refractivity contribution in [1.82, 2.24) is 19.8 Å². The number of nitrogens with zero attached hydrogens (tertiary/aromatic N) is 5. The Balaban J connectivity index is 1.38. The van der Waals surface area contributed by atoms with E-state index in [2.05, 4.69) is 21.8 Å². The summed E-state index contributed by atoms with van der Waals surface area (Å²) in [5.41, 5.74) is 0.0681. The second-order valence-electron chi connectivity index (χ2n) is 10.3. The van der Waals surface area contributed by atoms with E-state index in [-0.39, 0.29) is 23.5 Å². The molecule has 4 heterocycles. The molecular formula is C26H32FN5O2. The minimum absolute atomic E-state index is 0.0345. The molecule has 2 amide bonds. The number of carbonyl (C=O) groups is 2. The molecule has 0 saturated carbocycles. The Morgan fingerprint density at radius 2 is 1.76 bits per heavy atom. The van der Waals surface area contributed by atoms with Crippen molar-refractivity contribution >= 4 is 17.8 Å². The quantitative estimate of drug-likeness (QED) is 0.696. The number of amides is 2. The van der Waals surface area contributed by atoms with E-state index in [4.69, 9.17) is 0 Å². The van der Waals surface area contributed by atoms with E-state index in [1.165, 1.54) is 12.1 Å². The summed E-state index contributed by atoms with van der Waals surface area (Å²) in [4.78, 5) is 41.3. The van der Waals surface area contributed by atoms with Gasteiger partial charge in [0.1, 0.15) is 5.82 Å². The maximum Gasteiger partial charge on any atom is 0.228 e. The molecule has 1 aromatic carbocycles. The Kier molecular flexibility index (Phi) is 5.78. The fourth-order valence-electron chi connectivity index (χ4n) is 6.13. The molecule has 8 heteroatoms. The molecule has 34 heavy (non-hydrogen) atoms. The smallest absolute Gasteiger partial charge is 0.228 e. The number of hydrogen-bond acceptors (Lipinski definition) is 5. The van der Waals surface area contributed by atoms with Crippen LogP contribution in [0.2, 0.25) is 0 Å². The summed E-state index contributed by atoms with van der Waals surface area (Å²) in [6.45, 7) is 4.59. The van der Waals surface area contributed by atoms with E-state index >= 15 is 0 Å². The Bertz CT molecular complexity index is 1050. The number of likely N-dealkylation sites (tertiary alicyclic amines) is 2. The van der Waals surface area contributed by atoms with Crippen LogP contribution in [-0.2, 0) is 9.59 Å². The lowest BCUT2D eigenvalue weighted by Gasteiger charge is -2.46. The summed E-state index contributed by atoms with van der Waals surface area (Å²) in [5.74, 6) is 0.661. The lowest BCUT2D eigenvalue weighted by Crippen LogP contribution is -2.57. The van der Waals surface area contributed by atoms with E-state index in [0.717, 1.165) is 44.3 Å². The van der Waals surface area contributed by atoms with Crippen LogP contribution in [0.5, 0.6) is 0 Å². The molecular weight excluding hydrogens is 433 g/mol. The van der Waals surface area contributed by atoms with Gasteiger partial charge in [0.15, 0.2) is 0 Å². The second kappa shape index (κ2) is 8.64. The third-order valence-corrected chi connectivity index (χ3v) is 8.34. The van der Waals surface area contributed by atoms with Crippen molar-refractivity contribution in [2.24, 2.45) is 5.41 Å². The van der Waals surface area contributed by atoms with Gasteiger partial charge in [-0.15, -0.1) is 0 Å². The predicted octanol–water partition coefficient (Wildman–Crippen LogP) is 3.23. The van der Waals surface area contributed by atoms with Gasteiger partial charge in [-0.1, -0.05) is 19.1 Å². The average Bonchev–Trinajstić information content (AvgIpc) is 3.23. The van der Waals surface area contributed by atoms with E-state index in [9.17, 15) is 14.0 Å². The molecule has 1 aromatic heterocycles. The minimum Gasteiger partial charge on any atom is -0.341 e. The first-order chi connectivity index (χ1) is 16.3. The van der Waals surface area contributed by atoms with Gasteiger partial charge in [-0.25, -0.2) is 14.4 Å². The summed E-state index contributed by atoms with van der Waals surface area (Å²) in [6.07, 6.45) is 7.12. The van der Waals surface area contributed by atoms with Crippen LogP contribution >= 0.6 is 0 Å². The Labute approximate surface area is 200 Å². The van der Waals surface area contributed by atoms with Gasteiger partial charge in [-0.2, -0.15) is 0 Å². The minimum atomic E-state index is -0.471. The molecule has 0 aliphatic carbocycles. The molecule has 3 aliphatic heterocycles. The lowest BCUT2D eigenvalue weighted by molar-refractivity contribution is -0.145. The van der Waals surface area contributed by atoms with Gasteiger partial charge in [0, 0.05) is 63.4 Å². The van der Waals surface area contributed by atoms with Crippen LogP contribution in [0.25, 0.3) is 0 Å². The molecule has 3 fully saturated rings. The highest BCUT2D eigenvalue weighted by Gasteiger charge is 2.55. The molecule has 2 atom stereocenters. The van der Waals surface area contributed by atoms with Gasteiger partial charge < -0.3 is 14.7 Å². The second-order valence-corrected chi connectivity index (χ2v) is 10.3. The van der Waals surface area contributed by atoms with Crippen molar-refractivity contribution in [2.75, 3.05) is 38.1 Å². The maximum absolute atomic E-state index is 13.9. The highest BCUT2D eigenvalue weighted by molar-refractivity contribution is 5.84. The topological polar surface area (TPSA) is 69.6 Å². The summed E-state index contributed by atoms with van der Waals surface area (Å²) in [5, 5.41) is 0. The maximum atomic E-state index is 13.9. The zero-order chi connectivity index (χ0) is 23.9. The molecule has 0 bridgehead atoms. The average molecular weight is 466 g/mol. The van der Waals surface area contributed by atoms with Crippen LogP contribution < -0.4 is 4.90 Å². The van der Waals surface area contributed by atoms with Gasteiger partial charge in [0.2, 0.25) is 17.8 Å². The fourth-order valence-corrected chi connectivity index (χ4v) is 6.13. The molecule has 3 saturated heterocycles. The molecule has 0 N–H and O–H groups in total. The van der Waals surface area contributed by atoms with E-state index < -0.39 is 11.0 Å². The van der Waals surface area contributed by atoms with Crippen molar-refractivity contribution in [2.45, 2.75) is 50.5 Å². The SMILES string of the molecule is CN1C(=O)CCC[C@]12CN(C(=O)C1(C)CCN(c3ncccn3)CC1)C[C@H]2c1ccc(F)cc1. The van der Waals surface area contributed by atoms with Crippen molar-refractivity contribution < 1.29 is 14.0 Å². The number of aromatic nitrogens is 2. The van der Waals surface area contributed by atoms with Crippen LogP contribution in [0.1, 0.15) is 50.5 Å². The summed E-state index contributed by atoms with van der Waals surface area (Å²) in [6, 6.07) is 8.36. The lowest BCUT2D eigenvalue weighted by atomic mass is 9.75. The summed E-state index contributed by atoms with van der Waals surface area (Å²) in [7, 11) is 1.87. The van der Waals surface area contributed by atoms with E-state index in [1.54, 1.807) is 18.5 Å². The zero-order valence-corrected chi connectivity index (χ0v) is 19.9. The first kappa shape index (κ1) is 22.7. The molecule has 3 aliphatic rings. The Hall–Kier alpha value is -3.03. The normalized spacial score (nSPS) is 26.9. The highest BCUT2D eigenvalue weighted by atomic mass is 19.1. The van der Waals surface area contributed by atoms with Crippen LogP contribution in [0, 0.1) is 11.2 Å². The van der Waals surface area contributed by atoms with Gasteiger partial charge >= 0.3 is 0 Å². The molecule has 0 radical (unpaired) electrons. The number of hydrogen-bond donors (Lipinski definition) is 0. The molecule has 2 aromatic rings.